The Kier molecular flexibility index (Phi) is 6.20. The van der Waals surface area contributed by atoms with E-state index in [0.29, 0.717) is 16.0 Å². The Labute approximate surface area is 129 Å². The van der Waals surface area contributed by atoms with Crippen molar-refractivity contribution >= 4 is 29.3 Å². The number of nitrogens with one attached hydrogen (secondary N) is 2. The van der Waals surface area contributed by atoms with Crippen LogP contribution < -0.4 is 10.6 Å². The minimum Gasteiger partial charge on any atom is -0.349 e. The van der Waals surface area contributed by atoms with Gasteiger partial charge in [0.25, 0.3) is 0 Å². The number of carbonyl (C=O) groups excluding carboxylic acids is 1. The van der Waals surface area contributed by atoms with Crippen molar-refractivity contribution in [2.75, 3.05) is 18.8 Å². The first-order valence-electron chi connectivity index (χ1n) is 7.02. The Morgan fingerprint density at radius 1 is 1.50 bits per heavy atom. The third kappa shape index (κ3) is 5.00. The molecule has 1 fully saturated rings. The lowest BCUT2D eigenvalue weighted by Crippen LogP contribution is -2.32. The number of amides is 1. The van der Waals surface area contributed by atoms with Gasteiger partial charge in [0.2, 0.25) is 5.91 Å². The largest absolute Gasteiger partial charge is 0.349 e. The van der Waals surface area contributed by atoms with Gasteiger partial charge in [-0.3, -0.25) is 4.79 Å². The van der Waals surface area contributed by atoms with E-state index < -0.39 is 0 Å². The van der Waals surface area contributed by atoms with Gasteiger partial charge in [-0.2, -0.15) is 0 Å². The molecule has 110 valence electrons. The Bertz CT molecular complexity index is 449. The Morgan fingerprint density at radius 2 is 2.25 bits per heavy atom. The van der Waals surface area contributed by atoms with Crippen LogP contribution in [-0.4, -0.2) is 30.0 Å². The van der Waals surface area contributed by atoms with E-state index in [4.69, 9.17) is 11.6 Å². The molecule has 0 spiro atoms. The highest BCUT2D eigenvalue weighted by molar-refractivity contribution is 8.00. The van der Waals surface area contributed by atoms with Crippen molar-refractivity contribution in [2.45, 2.75) is 31.1 Å². The van der Waals surface area contributed by atoms with E-state index in [1.807, 2.05) is 31.2 Å². The van der Waals surface area contributed by atoms with Gasteiger partial charge in [-0.25, -0.2) is 0 Å². The van der Waals surface area contributed by atoms with Gasteiger partial charge in [0.15, 0.2) is 0 Å². The summed E-state index contributed by atoms with van der Waals surface area (Å²) in [5, 5.41) is 7.68. The molecule has 20 heavy (non-hydrogen) atoms. The van der Waals surface area contributed by atoms with Crippen molar-refractivity contribution < 1.29 is 4.79 Å². The molecule has 1 aliphatic heterocycles. The monoisotopic (exact) mass is 312 g/mol. The fourth-order valence-corrected chi connectivity index (χ4v) is 3.54. The second-order valence-corrected chi connectivity index (χ2v) is 6.83. The van der Waals surface area contributed by atoms with E-state index in [-0.39, 0.29) is 11.9 Å². The summed E-state index contributed by atoms with van der Waals surface area (Å²) in [5.41, 5.74) is 1.04. The van der Waals surface area contributed by atoms with Gasteiger partial charge in [-0.1, -0.05) is 23.7 Å². The van der Waals surface area contributed by atoms with Crippen LogP contribution in [0.1, 0.15) is 31.4 Å². The molecule has 1 saturated heterocycles. The quantitative estimate of drug-likeness (QED) is 0.878. The van der Waals surface area contributed by atoms with Crippen LogP contribution in [0.25, 0.3) is 0 Å². The SMILES string of the molecule is C[C@@H](NC(=O)CSC1CCNCC1)c1cccc(Cl)c1. The standard InChI is InChI=1S/C15H21ClN2OS/c1-11(12-3-2-4-13(16)9-12)18-15(19)10-20-14-5-7-17-8-6-14/h2-4,9,11,14,17H,5-8,10H2,1H3,(H,18,19)/t11-/m1/s1. The summed E-state index contributed by atoms with van der Waals surface area (Å²) in [6.07, 6.45) is 2.31. The molecule has 0 unspecified atom stereocenters. The molecule has 5 heteroatoms. The van der Waals surface area contributed by atoms with Gasteiger partial charge >= 0.3 is 0 Å². The van der Waals surface area contributed by atoms with E-state index in [1.54, 1.807) is 11.8 Å². The molecular weight excluding hydrogens is 292 g/mol. The molecule has 1 aromatic rings. The maximum absolute atomic E-state index is 12.0. The summed E-state index contributed by atoms with van der Waals surface area (Å²) in [4.78, 5) is 12.0. The number of benzene rings is 1. The molecule has 0 radical (unpaired) electrons. The van der Waals surface area contributed by atoms with Crippen LogP contribution in [0, 0.1) is 0 Å². The summed E-state index contributed by atoms with van der Waals surface area (Å²) in [7, 11) is 0. The average Bonchev–Trinajstić information content (AvgIpc) is 2.46. The molecule has 1 amide bonds. The molecule has 0 bridgehead atoms. The normalized spacial score (nSPS) is 17.7. The smallest absolute Gasteiger partial charge is 0.230 e. The third-order valence-corrected chi connectivity index (χ3v) is 5.07. The number of carbonyl (C=O) groups is 1. The zero-order valence-corrected chi connectivity index (χ0v) is 13.3. The van der Waals surface area contributed by atoms with Crippen LogP contribution in [0.3, 0.4) is 0 Å². The number of hydrogen-bond donors (Lipinski definition) is 2. The van der Waals surface area contributed by atoms with Crippen LogP contribution >= 0.6 is 23.4 Å². The van der Waals surface area contributed by atoms with Crippen LogP contribution in [-0.2, 0) is 4.79 Å². The van der Waals surface area contributed by atoms with Crippen molar-refractivity contribution in [3.05, 3.63) is 34.9 Å². The number of piperidine rings is 1. The topological polar surface area (TPSA) is 41.1 Å². The molecule has 1 aliphatic rings. The lowest BCUT2D eigenvalue weighted by atomic mass is 10.1. The Balaban J connectivity index is 1.76. The van der Waals surface area contributed by atoms with Crippen LogP contribution in [0.2, 0.25) is 5.02 Å². The van der Waals surface area contributed by atoms with Crippen molar-refractivity contribution in [2.24, 2.45) is 0 Å². The Morgan fingerprint density at radius 3 is 2.95 bits per heavy atom. The van der Waals surface area contributed by atoms with E-state index in [0.717, 1.165) is 31.5 Å². The molecular formula is C15H21ClN2OS. The first kappa shape index (κ1) is 15.7. The van der Waals surface area contributed by atoms with Gasteiger partial charge in [0.1, 0.15) is 0 Å². The molecule has 1 aromatic carbocycles. The molecule has 1 atom stereocenters. The molecule has 2 rings (SSSR count). The van der Waals surface area contributed by atoms with Crippen LogP contribution in [0.5, 0.6) is 0 Å². The van der Waals surface area contributed by atoms with Crippen LogP contribution in [0.15, 0.2) is 24.3 Å². The second kappa shape index (κ2) is 7.91. The summed E-state index contributed by atoms with van der Waals surface area (Å²) in [6.45, 7) is 4.12. The van der Waals surface area contributed by atoms with Gasteiger partial charge in [-0.05, 0) is 50.6 Å². The van der Waals surface area contributed by atoms with E-state index >= 15 is 0 Å². The highest BCUT2D eigenvalue weighted by Crippen LogP contribution is 2.21. The first-order valence-corrected chi connectivity index (χ1v) is 8.45. The van der Waals surface area contributed by atoms with Crippen molar-refractivity contribution in [3.63, 3.8) is 0 Å². The number of rotatable bonds is 5. The van der Waals surface area contributed by atoms with E-state index in [9.17, 15) is 4.79 Å². The lowest BCUT2D eigenvalue weighted by molar-refractivity contribution is -0.119. The predicted octanol–water partition coefficient (Wildman–Crippen LogP) is 3.00. The highest BCUT2D eigenvalue weighted by atomic mass is 35.5. The summed E-state index contributed by atoms with van der Waals surface area (Å²) in [6, 6.07) is 7.62. The summed E-state index contributed by atoms with van der Waals surface area (Å²) in [5.74, 6) is 0.635. The van der Waals surface area contributed by atoms with Crippen molar-refractivity contribution in [3.8, 4) is 0 Å². The first-order chi connectivity index (χ1) is 9.65. The zero-order valence-electron chi connectivity index (χ0n) is 11.7. The number of hydrogen-bond acceptors (Lipinski definition) is 3. The van der Waals surface area contributed by atoms with Gasteiger partial charge in [-0.15, -0.1) is 11.8 Å². The van der Waals surface area contributed by atoms with Crippen molar-refractivity contribution in [1.29, 1.82) is 0 Å². The number of halogens is 1. The highest BCUT2D eigenvalue weighted by Gasteiger charge is 2.16. The molecule has 3 nitrogen and oxygen atoms in total. The van der Waals surface area contributed by atoms with Gasteiger partial charge in [0.05, 0.1) is 11.8 Å². The van der Waals surface area contributed by atoms with E-state index in [2.05, 4.69) is 10.6 Å². The minimum absolute atomic E-state index is 0.00479. The summed E-state index contributed by atoms with van der Waals surface area (Å²) < 4.78 is 0. The zero-order chi connectivity index (χ0) is 14.4. The summed E-state index contributed by atoms with van der Waals surface area (Å²) >= 11 is 7.73. The molecule has 2 N–H and O–H groups in total. The predicted molar refractivity (Wildman–Crippen MR) is 86.4 cm³/mol. The average molecular weight is 313 g/mol. The molecule has 1 heterocycles. The van der Waals surface area contributed by atoms with Gasteiger partial charge < -0.3 is 10.6 Å². The van der Waals surface area contributed by atoms with E-state index in [1.165, 1.54) is 0 Å². The van der Waals surface area contributed by atoms with Gasteiger partial charge in [0, 0.05) is 10.3 Å². The maximum Gasteiger partial charge on any atom is 0.230 e. The minimum atomic E-state index is -0.00479. The van der Waals surface area contributed by atoms with Crippen LogP contribution in [0.4, 0.5) is 0 Å². The molecule has 0 saturated carbocycles. The van der Waals surface area contributed by atoms with Crippen molar-refractivity contribution in [1.82, 2.24) is 10.6 Å². The maximum atomic E-state index is 12.0. The Hall–Kier alpha value is -0.710. The fourth-order valence-electron chi connectivity index (χ4n) is 2.30. The fraction of sp³-hybridized carbons (Fsp3) is 0.533. The lowest BCUT2D eigenvalue weighted by Gasteiger charge is -2.22. The molecule has 0 aliphatic carbocycles. The second-order valence-electron chi connectivity index (χ2n) is 5.10. The number of thioether (sulfide) groups is 1. The third-order valence-electron chi connectivity index (χ3n) is 3.46. The molecule has 0 aromatic heterocycles.